The van der Waals surface area contributed by atoms with E-state index in [2.05, 4.69) is 25.7 Å². The van der Waals surface area contributed by atoms with E-state index in [1.54, 1.807) is 0 Å². The number of hydrogen-bond acceptors (Lipinski definition) is 3. The molecule has 2 N–H and O–H groups in total. The van der Waals surface area contributed by atoms with Gasteiger partial charge in [0, 0.05) is 24.7 Å². The van der Waals surface area contributed by atoms with Gasteiger partial charge in [-0.15, -0.1) is 0 Å². The Bertz CT molecular complexity index is 251. The highest BCUT2D eigenvalue weighted by atomic mass is 16.5. The fraction of sp³-hybridized carbons (Fsp3) is 1.00. The molecule has 100 valence electrons. The molecule has 2 atom stereocenters. The normalized spacial score (nSPS) is 43.4. The van der Waals surface area contributed by atoms with Gasteiger partial charge in [0.25, 0.3) is 0 Å². The number of nitrogens with zero attached hydrogens (tertiary/aromatic N) is 1. The molecule has 1 saturated heterocycles. The van der Waals surface area contributed by atoms with Gasteiger partial charge in [0.1, 0.15) is 0 Å². The van der Waals surface area contributed by atoms with E-state index >= 15 is 0 Å². The maximum absolute atomic E-state index is 6.06. The Kier molecular flexibility index (Phi) is 4.11. The Balaban J connectivity index is 1.95. The number of likely N-dealkylation sites (tertiary alicyclic amines) is 1. The maximum atomic E-state index is 6.06. The van der Waals surface area contributed by atoms with E-state index in [0.29, 0.717) is 12.1 Å². The lowest BCUT2D eigenvalue weighted by molar-refractivity contribution is -0.121. The van der Waals surface area contributed by atoms with E-state index in [-0.39, 0.29) is 5.54 Å². The lowest BCUT2D eigenvalue weighted by Gasteiger charge is -2.57. The molecule has 2 fully saturated rings. The molecule has 3 heteroatoms. The van der Waals surface area contributed by atoms with Crippen LogP contribution in [0.1, 0.15) is 46.5 Å². The van der Waals surface area contributed by atoms with Gasteiger partial charge < -0.3 is 10.5 Å². The number of ether oxygens (including phenoxy) is 1. The number of rotatable bonds is 4. The summed E-state index contributed by atoms with van der Waals surface area (Å²) in [4.78, 5) is 2.67. The van der Waals surface area contributed by atoms with Crippen molar-refractivity contribution in [2.45, 2.75) is 64.1 Å². The largest absolute Gasteiger partial charge is 0.378 e. The van der Waals surface area contributed by atoms with Crippen molar-refractivity contribution in [2.24, 2.45) is 11.7 Å². The molecule has 2 unspecified atom stereocenters. The quantitative estimate of drug-likeness (QED) is 0.817. The van der Waals surface area contributed by atoms with Crippen LogP contribution in [0.15, 0.2) is 0 Å². The van der Waals surface area contributed by atoms with Crippen LogP contribution in [-0.4, -0.2) is 42.3 Å². The molecule has 0 aromatic carbocycles. The zero-order valence-electron chi connectivity index (χ0n) is 11.6. The van der Waals surface area contributed by atoms with Crippen molar-refractivity contribution in [3.05, 3.63) is 0 Å². The van der Waals surface area contributed by atoms with Crippen molar-refractivity contribution < 1.29 is 4.74 Å². The number of piperidine rings is 1. The van der Waals surface area contributed by atoms with Gasteiger partial charge in [-0.1, -0.05) is 6.92 Å². The third kappa shape index (κ3) is 2.51. The van der Waals surface area contributed by atoms with E-state index in [4.69, 9.17) is 10.5 Å². The van der Waals surface area contributed by atoms with Crippen LogP contribution in [0.5, 0.6) is 0 Å². The zero-order valence-corrected chi connectivity index (χ0v) is 11.6. The van der Waals surface area contributed by atoms with Crippen LogP contribution in [-0.2, 0) is 4.74 Å². The second kappa shape index (κ2) is 5.25. The average molecular weight is 240 g/mol. The second-order valence-electron chi connectivity index (χ2n) is 6.09. The highest BCUT2D eigenvalue weighted by Gasteiger charge is 2.50. The number of nitrogens with two attached hydrogens (primary N) is 1. The minimum Gasteiger partial charge on any atom is -0.378 e. The van der Waals surface area contributed by atoms with Crippen LogP contribution < -0.4 is 5.73 Å². The smallest absolute Gasteiger partial charge is 0.0611 e. The van der Waals surface area contributed by atoms with Gasteiger partial charge in [-0.2, -0.15) is 0 Å². The molecule has 17 heavy (non-hydrogen) atoms. The molecule has 1 heterocycles. The molecule has 0 bridgehead atoms. The standard InChI is InChI=1S/C14H28N2O/c1-4-17-13-8-14(9-13,10-15)16-6-5-11(2)7-12(16)3/h11-13H,4-10,15H2,1-3H3. The van der Waals surface area contributed by atoms with Crippen LogP contribution in [0.3, 0.4) is 0 Å². The second-order valence-corrected chi connectivity index (χ2v) is 6.09. The lowest BCUT2D eigenvalue weighted by atomic mass is 9.70. The first-order chi connectivity index (χ1) is 8.11. The first kappa shape index (κ1) is 13.3. The van der Waals surface area contributed by atoms with Crippen molar-refractivity contribution >= 4 is 0 Å². The van der Waals surface area contributed by atoms with Crippen LogP contribution in [0, 0.1) is 5.92 Å². The highest BCUT2D eigenvalue weighted by Crippen LogP contribution is 2.42. The van der Waals surface area contributed by atoms with E-state index in [1.807, 2.05) is 0 Å². The van der Waals surface area contributed by atoms with Gasteiger partial charge in [0.2, 0.25) is 0 Å². The molecule has 0 spiro atoms. The molecule has 1 saturated carbocycles. The summed E-state index contributed by atoms with van der Waals surface area (Å²) in [7, 11) is 0. The minimum absolute atomic E-state index is 0.249. The molecule has 1 aliphatic carbocycles. The molecule has 2 aliphatic rings. The fourth-order valence-electron chi connectivity index (χ4n) is 3.77. The molecular weight excluding hydrogens is 212 g/mol. The van der Waals surface area contributed by atoms with Crippen molar-refractivity contribution in [1.29, 1.82) is 0 Å². The van der Waals surface area contributed by atoms with Crippen molar-refractivity contribution in [3.8, 4) is 0 Å². The van der Waals surface area contributed by atoms with E-state index in [1.165, 1.54) is 19.4 Å². The Morgan fingerprint density at radius 3 is 2.59 bits per heavy atom. The van der Waals surface area contributed by atoms with Gasteiger partial charge in [0.05, 0.1) is 6.10 Å². The molecule has 0 amide bonds. The summed E-state index contributed by atoms with van der Waals surface area (Å²) >= 11 is 0. The van der Waals surface area contributed by atoms with E-state index < -0.39 is 0 Å². The van der Waals surface area contributed by atoms with Crippen molar-refractivity contribution in [1.82, 2.24) is 4.90 Å². The van der Waals surface area contributed by atoms with E-state index in [0.717, 1.165) is 31.9 Å². The predicted octanol–water partition coefficient (Wildman–Crippen LogP) is 2.00. The third-order valence-corrected chi connectivity index (χ3v) is 4.75. The molecule has 1 aliphatic heterocycles. The predicted molar refractivity (Wildman–Crippen MR) is 71.0 cm³/mol. The Hall–Kier alpha value is -0.120. The summed E-state index contributed by atoms with van der Waals surface area (Å²) in [5, 5.41) is 0. The van der Waals surface area contributed by atoms with Crippen LogP contribution in [0.2, 0.25) is 0 Å². The summed E-state index contributed by atoms with van der Waals surface area (Å²) in [6.07, 6.45) is 5.37. The molecule has 0 radical (unpaired) electrons. The van der Waals surface area contributed by atoms with Crippen LogP contribution >= 0.6 is 0 Å². The first-order valence-corrected chi connectivity index (χ1v) is 7.19. The van der Waals surface area contributed by atoms with Crippen LogP contribution in [0.4, 0.5) is 0 Å². The molecule has 2 rings (SSSR count). The summed E-state index contributed by atoms with van der Waals surface area (Å²) in [6.45, 7) is 9.65. The number of hydrogen-bond donors (Lipinski definition) is 1. The topological polar surface area (TPSA) is 38.5 Å². The average Bonchev–Trinajstić information content (AvgIpc) is 2.24. The van der Waals surface area contributed by atoms with Gasteiger partial charge >= 0.3 is 0 Å². The summed E-state index contributed by atoms with van der Waals surface area (Å²) < 4.78 is 5.70. The molecule has 0 aromatic heterocycles. The summed E-state index contributed by atoms with van der Waals surface area (Å²) in [5.41, 5.74) is 6.31. The Morgan fingerprint density at radius 2 is 2.06 bits per heavy atom. The first-order valence-electron chi connectivity index (χ1n) is 7.19. The van der Waals surface area contributed by atoms with Crippen molar-refractivity contribution in [2.75, 3.05) is 19.7 Å². The molecular formula is C14H28N2O. The van der Waals surface area contributed by atoms with Gasteiger partial charge in [-0.05, 0) is 52.0 Å². The summed E-state index contributed by atoms with van der Waals surface area (Å²) in [6, 6.07) is 0.685. The van der Waals surface area contributed by atoms with E-state index in [9.17, 15) is 0 Å². The summed E-state index contributed by atoms with van der Waals surface area (Å²) in [5.74, 6) is 0.874. The van der Waals surface area contributed by atoms with Gasteiger partial charge in [-0.3, -0.25) is 4.90 Å². The molecule has 3 nitrogen and oxygen atoms in total. The van der Waals surface area contributed by atoms with Gasteiger partial charge in [-0.25, -0.2) is 0 Å². The maximum Gasteiger partial charge on any atom is 0.0611 e. The van der Waals surface area contributed by atoms with Gasteiger partial charge in [0.15, 0.2) is 0 Å². The van der Waals surface area contributed by atoms with Crippen LogP contribution in [0.25, 0.3) is 0 Å². The Morgan fingerprint density at radius 1 is 1.35 bits per heavy atom. The SMILES string of the molecule is CCOC1CC(CN)(N2CCC(C)CC2C)C1. The lowest BCUT2D eigenvalue weighted by Crippen LogP contribution is -2.67. The minimum atomic E-state index is 0.249. The molecule has 0 aromatic rings. The third-order valence-electron chi connectivity index (χ3n) is 4.75. The Labute approximate surface area is 106 Å². The fourth-order valence-corrected chi connectivity index (χ4v) is 3.77. The monoisotopic (exact) mass is 240 g/mol. The van der Waals surface area contributed by atoms with Crippen molar-refractivity contribution in [3.63, 3.8) is 0 Å². The highest BCUT2D eigenvalue weighted by molar-refractivity contribution is 5.06. The zero-order chi connectivity index (χ0) is 12.5.